The van der Waals surface area contributed by atoms with Crippen LogP contribution in [-0.4, -0.2) is 24.4 Å². The van der Waals surface area contributed by atoms with E-state index < -0.39 is 5.97 Å². The van der Waals surface area contributed by atoms with E-state index >= 15 is 0 Å². The average molecular weight is 252 g/mol. The molecule has 0 atom stereocenters. The first-order chi connectivity index (χ1) is 8.11. The number of rotatable bonds is 5. The van der Waals surface area contributed by atoms with Crippen molar-refractivity contribution in [1.82, 2.24) is 0 Å². The molecule has 1 aliphatic rings. The highest BCUT2D eigenvalue weighted by molar-refractivity contribution is 7.98. The highest BCUT2D eigenvalue weighted by atomic mass is 32.2. The summed E-state index contributed by atoms with van der Waals surface area (Å²) in [6.07, 6.45) is 4.14. The molecule has 17 heavy (non-hydrogen) atoms. The molecule has 0 amide bonds. The first kappa shape index (κ1) is 12.3. The summed E-state index contributed by atoms with van der Waals surface area (Å²) < 4.78 is 5.34. The lowest BCUT2D eigenvalue weighted by atomic mass is 9.92. The summed E-state index contributed by atoms with van der Waals surface area (Å²) in [5.74, 6) is 0.113. The summed E-state index contributed by atoms with van der Waals surface area (Å²) in [7, 11) is 1.65. The highest BCUT2D eigenvalue weighted by Crippen LogP contribution is 2.52. The molecule has 0 aliphatic heterocycles. The van der Waals surface area contributed by atoms with E-state index in [0.29, 0.717) is 0 Å². The van der Waals surface area contributed by atoms with Crippen LogP contribution in [0.1, 0.15) is 24.8 Å². The lowest BCUT2D eigenvalue weighted by Gasteiger charge is -2.15. The van der Waals surface area contributed by atoms with Crippen molar-refractivity contribution in [2.75, 3.05) is 13.4 Å². The van der Waals surface area contributed by atoms with Gasteiger partial charge in [-0.3, -0.25) is 4.79 Å². The lowest BCUT2D eigenvalue weighted by molar-refractivity contribution is -0.137. The first-order valence-electron chi connectivity index (χ1n) is 5.55. The summed E-state index contributed by atoms with van der Waals surface area (Å²) in [4.78, 5) is 12.0. The van der Waals surface area contributed by atoms with Crippen LogP contribution in [0.3, 0.4) is 0 Å². The summed E-state index contributed by atoms with van der Waals surface area (Å²) in [5, 5.41) is 8.94. The Balaban J connectivity index is 2.30. The molecule has 0 aromatic heterocycles. The average Bonchev–Trinajstić information content (AvgIpc) is 3.08. The van der Waals surface area contributed by atoms with Crippen LogP contribution in [0.15, 0.2) is 23.1 Å². The Hall–Kier alpha value is -1.16. The fourth-order valence-electron chi connectivity index (χ4n) is 2.17. The Labute approximate surface area is 105 Å². The molecule has 3 nitrogen and oxygen atoms in total. The predicted molar refractivity (Wildman–Crippen MR) is 67.9 cm³/mol. The maximum Gasteiger partial charge on any atom is 0.304 e. The van der Waals surface area contributed by atoms with Gasteiger partial charge in [-0.15, -0.1) is 11.8 Å². The number of ether oxygens (including phenoxy) is 1. The highest BCUT2D eigenvalue weighted by Gasteiger charge is 2.46. The number of hydrogen-bond acceptors (Lipinski definition) is 3. The van der Waals surface area contributed by atoms with Crippen LogP contribution in [0.4, 0.5) is 0 Å². The molecule has 1 aromatic carbocycles. The molecule has 0 heterocycles. The van der Waals surface area contributed by atoms with Crippen LogP contribution in [0, 0.1) is 0 Å². The van der Waals surface area contributed by atoms with Gasteiger partial charge in [-0.2, -0.15) is 0 Å². The van der Waals surface area contributed by atoms with Gasteiger partial charge in [0.1, 0.15) is 5.75 Å². The number of aliphatic carboxylic acids is 1. The van der Waals surface area contributed by atoms with Crippen LogP contribution in [0.25, 0.3) is 0 Å². The van der Waals surface area contributed by atoms with E-state index in [9.17, 15) is 4.79 Å². The van der Waals surface area contributed by atoms with Gasteiger partial charge in [0.05, 0.1) is 13.5 Å². The quantitative estimate of drug-likeness (QED) is 0.818. The fourth-order valence-corrected chi connectivity index (χ4v) is 2.72. The summed E-state index contributed by atoms with van der Waals surface area (Å²) in [5.41, 5.74) is 0.949. The van der Waals surface area contributed by atoms with Crippen LogP contribution >= 0.6 is 11.8 Å². The van der Waals surface area contributed by atoms with Gasteiger partial charge in [-0.1, -0.05) is 6.07 Å². The Morgan fingerprint density at radius 2 is 2.24 bits per heavy atom. The Morgan fingerprint density at radius 1 is 1.53 bits per heavy atom. The fraction of sp³-hybridized carbons (Fsp3) is 0.462. The molecule has 0 unspecified atom stereocenters. The van der Waals surface area contributed by atoms with Crippen LogP contribution < -0.4 is 4.74 Å². The molecule has 1 aromatic rings. The Kier molecular flexibility index (Phi) is 3.33. The van der Waals surface area contributed by atoms with Gasteiger partial charge in [0, 0.05) is 10.3 Å². The number of thioether (sulfide) groups is 1. The predicted octanol–water partition coefficient (Wildman–Crippen LogP) is 2.92. The monoisotopic (exact) mass is 252 g/mol. The van der Waals surface area contributed by atoms with E-state index in [1.807, 2.05) is 24.5 Å². The summed E-state index contributed by atoms with van der Waals surface area (Å²) >= 11 is 1.63. The van der Waals surface area contributed by atoms with Crippen molar-refractivity contribution in [2.24, 2.45) is 0 Å². The standard InChI is InChI=1S/C13H16O3S/c1-16-10-7-9(3-4-11(10)17-2)13(5-6-13)8-12(14)15/h3-4,7H,5-6,8H2,1-2H3,(H,14,15). The van der Waals surface area contributed by atoms with Crippen LogP contribution in [0.2, 0.25) is 0 Å². The second kappa shape index (κ2) is 4.61. The van der Waals surface area contributed by atoms with Crippen molar-refractivity contribution in [1.29, 1.82) is 0 Å². The zero-order chi connectivity index (χ0) is 12.5. The smallest absolute Gasteiger partial charge is 0.304 e. The zero-order valence-corrected chi connectivity index (χ0v) is 10.8. The maximum atomic E-state index is 10.9. The molecule has 0 radical (unpaired) electrons. The first-order valence-corrected chi connectivity index (χ1v) is 6.78. The topological polar surface area (TPSA) is 46.5 Å². The molecule has 1 N–H and O–H groups in total. The molecule has 1 saturated carbocycles. The van der Waals surface area contributed by atoms with E-state index in [0.717, 1.165) is 29.1 Å². The van der Waals surface area contributed by atoms with Gasteiger partial charge in [0.25, 0.3) is 0 Å². The SMILES string of the molecule is COc1cc(C2(CC(=O)O)CC2)ccc1SC. The van der Waals surface area contributed by atoms with Gasteiger partial charge in [-0.05, 0) is 36.8 Å². The summed E-state index contributed by atoms with van der Waals surface area (Å²) in [6, 6.07) is 6.03. The van der Waals surface area contributed by atoms with Gasteiger partial charge in [-0.25, -0.2) is 0 Å². The van der Waals surface area contributed by atoms with Crippen molar-refractivity contribution in [3.8, 4) is 5.75 Å². The number of carbonyl (C=O) groups is 1. The normalized spacial score (nSPS) is 16.6. The molecule has 4 heteroatoms. The molecular formula is C13H16O3S. The van der Waals surface area contributed by atoms with Crippen LogP contribution in [0.5, 0.6) is 5.75 Å². The minimum Gasteiger partial charge on any atom is -0.496 e. The number of methoxy groups -OCH3 is 1. The van der Waals surface area contributed by atoms with E-state index in [2.05, 4.69) is 0 Å². The summed E-state index contributed by atoms with van der Waals surface area (Å²) in [6.45, 7) is 0. The second-order valence-electron chi connectivity index (χ2n) is 4.42. The molecule has 1 fully saturated rings. The van der Waals surface area contributed by atoms with Gasteiger partial charge in [0.15, 0.2) is 0 Å². The van der Waals surface area contributed by atoms with E-state index in [1.54, 1.807) is 18.9 Å². The zero-order valence-electron chi connectivity index (χ0n) is 10.0. The molecule has 0 bridgehead atoms. The third-order valence-electron chi connectivity index (χ3n) is 3.34. The number of carboxylic acids is 1. The molecule has 2 rings (SSSR count). The number of carboxylic acid groups (broad SMARTS) is 1. The van der Waals surface area contributed by atoms with Crippen molar-refractivity contribution >= 4 is 17.7 Å². The van der Waals surface area contributed by atoms with Crippen molar-refractivity contribution in [2.45, 2.75) is 29.6 Å². The van der Waals surface area contributed by atoms with E-state index in [4.69, 9.17) is 9.84 Å². The minimum atomic E-state index is -0.726. The largest absolute Gasteiger partial charge is 0.496 e. The minimum absolute atomic E-state index is 0.143. The Morgan fingerprint density at radius 3 is 2.71 bits per heavy atom. The van der Waals surface area contributed by atoms with Crippen molar-refractivity contribution in [3.63, 3.8) is 0 Å². The van der Waals surface area contributed by atoms with E-state index in [-0.39, 0.29) is 11.8 Å². The molecule has 0 saturated heterocycles. The molecule has 1 aliphatic carbocycles. The molecule has 92 valence electrons. The van der Waals surface area contributed by atoms with Crippen LogP contribution in [-0.2, 0) is 10.2 Å². The number of hydrogen-bond donors (Lipinski definition) is 1. The molecule has 0 spiro atoms. The van der Waals surface area contributed by atoms with Gasteiger partial charge < -0.3 is 9.84 Å². The van der Waals surface area contributed by atoms with E-state index in [1.165, 1.54) is 0 Å². The van der Waals surface area contributed by atoms with Gasteiger partial charge in [0.2, 0.25) is 0 Å². The molecular weight excluding hydrogens is 236 g/mol. The maximum absolute atomic E-state index is 10.9. The van der Waals surface area contributed by atoms with Crippen molar-refractivity contribution < 1.29 is 14.6 Å². The third-order valence-corrected chi connectivity index (χ3v) is 4.12. The third kappa shape index (κ3) is 2.41. The van der Waals surface area contributed by atoms with Gasteiger partial charge >= 0.3 is 5.97 Å². The lowest BCUT2D eigenvalue weighted by Crippen LogP contribution is -2.13. The second-order valence-corrected chi connectivity index (χ2v) is 5.27. The Bertz CT molecular complexity index is 438. The van der Waals surface area contributed by atoms with Crippen molar-refractivity contribution in [3.05, 3.63) is 23.8 Å². The number of benzene rings is 1.